The molecule has 2 atom stereocenters. The molecule has 0 aliphatic heterocycles. The largest absolute Gasteiger partial charge is 0.369 e. The minimum atomic E-state index is -0.788. The highest BCUT2D eigenvalue weighted by molar-refractivity contribution is 9.10. The molecule has 0 aliphatic carbocycles. The van der Waals surface area contributed by atoms with Crippen molar-refractivity contribution in [2.75, 3.05) is 18.1 Å². The van der Waals surface area contributed by atoms with Gasteiger partial charge in [-0.05, 0) is 34.0 Å². The van der Waals surface area contributed by atoms with Crippen molar-refractivity contribution in [1.82, 2.24) is 9.97 Å². The molecular formula is C9H13BrClN3OS. The molecule has 0 fully saturated rings. The number of rotatable bonds is 5. The molecule has 2 unspecified atom stereocenters. The molecule has 0 bridgehead atoms. The lowest BCUT2D eigenvalue weighted by molar-refractivity contribution is 0.672. The van der Waals surface area contributed by atoms with Crippen molar-refractivity contribution in [3.8, 4) is 0 Å². The highest BCUT2D eigenvalue weighted by atomic mass is 79.9. The number of hydrogen-bond acceptors (Lipinski definition) is 4. The first-order valence-electron chi connectivity index (χ1n) is 4.75. The van der Waals surface area contributed by atoms with Crippen LogP contribution in [0.5, 0.6) is 0 Å². The number of hydrogen-bond donors (Lipinski definition) is 1. The standard InChI is InChI=1S/C9H13BrClN3OS/c1-6(16(2)15)3-4-12-8-7(10)5-13-9(11)14-8/h5-6H,3-4H2,1-2H3,(H,12,13,14). The van der Waals surface area contributed by atoms with Crippen LogP contribution in [0.3, 0.4) is 0 Å². The Morgan fingerprint density at radius 1 is 1.69 bits per heavy atom. The SMILES string of the molecule is CC(CCNc1nc(Cl)ncc1Br)S(C)=O. The van der Waals surface area contributed by atoms with Crippen molar-refractivity contribution in [1.29, 1.82) is 0 Å². The van der Waals surface area contributed by atoms with E-state index >= 15 is 0 Å². The van der Waals surface area contributed by atoms with Gasteiger partial charge in [0.05, 0.1) is 4.47 Å². The molecule has 16 heavy (non-hydrogen) atoms. The van der Waals surface area contributed by atoms with E-state index in [9.17, 15) is 4.21 Å². The van der Waals surface area contributed by atoms with Gasteiger partial charge in [-0.3, -0.25) is 4.21 Å². The molecule has 1 rings (SSSR count). The number of nitrogens with zero attached hydrogens (tertiary/aromatic N) is 2. The first-order valence-corrected chi connectivity index (χ1v) is 7.54. The van der Waals surface area contributed by atoms with Gasteiger partial charge in [-0.2, -0.15) is 4.98 Å². The zero-order valence-corrected chi connectivity index (χ0v) is 12.2. The van der Waals surface area contributed by atoms with Crippen LogP contribution in [0.15, 0.2) is 10.7 Å². The number of anilines is 1. The molecule has 0 spiro atoms. The lowest BCUT2D eigenvalue weighted by Crippen LogP contribution is -2.15. The van der Waals surface area contributed by atoms with Gasteiger partial charge in [0.1, 0.15) is 5.82 Å². The fraction of sp³-hybridized carbons (Fsp3) is 0.556. The summed E-state index contributed by atoms with van der Waals surface area (Å²) in [4.78, 5) is 7.86. The van der Waals surface area contributed by atoms with Crippen molar-refractivity contribution in [2.24, 2.45) is 0 Å². The summed E-state index contributed by atoms with van der Waals surface area (Å²) in [5.41, 5.74) is 0. The second-order valence-electron chi connectivity index (χ2n) is 3.36. The van der Waals surface area contributed by atoms with E-state index in [1.54, 1.807) is 12.5 Å². The molecule has 1 N–H and O–H groups in total. The summed E-state index contributed by atoms with van der Waals surface area (Å²) in [6, 6.07) is 0. The predicted octanol–water partition coefficient (Wildman–Crippen LogP) is 2.46. The Labute approximate surface area is 111 Å². The van der Waals surface area contributed by atoms with Crippen molar-refractivity contribution in [3.63, 3.8) is 0 Å². The molecule has 7 heteroatoms. The van der Waals surface area contributed by atoms with E-state index < -0.39 is 10.8 Å². The van der Waals surface area contributed by atoms with E-state index in [0.29, 0.717) is 12.4 Å². The normalized spacial score (nSPS) is 14.5. The zero-order chi connectivity index (χ0) is 12.1. The van der Waals surface area contributed by atoms with Gasteiger partial charge < -0.3 is 5.32 Å². The smallest absolute Gasteiger partial charge is 0.224 e. The minimum Gasteiger partial charge on any atom is -0.369 e. The van der Waals surface area contributed by atoms with Gasteiger partial charge >= 0.3 is 0 Å². The van der Waals surface area contributed by atoms with Crippen molar-refractivity contribution >= 4 is 44.1 Å². The fourth-order valence-corrected chi connectivity index (χ4v) is 1.94. The molecule has 0 saturated carbocycles. The Morgan fingerprint density at radius 2 is 2.38 bits per heavy atom. The first kappa shape index (κ1) is 13.9. The van der Waals surface area contributed by atoms with Crippen LogP contribution < -0.4 is 5.32 Å². The third kappa shape index (κ3) is 4.35. The predicted molar refractivity (Wildman–Crippen MR) is 71.4 cm³/mol. The number of halogens is 2. The molecular weight excluding hydrogens is 314 g/mol. The molecule has 0 aromatic carbocycles. The summed E-state index contributed by atoms with van der Waals surface area (Å²) in [5.74, 6) is 0.661. The van der Waals surface area contributed by atoms with Crippen LogP contribution >= 0.6 is 27.5 Å². The summed E-state index contributed by atoms with van der Waals surface area (Å²) in [6.07, 6.45) is 4.12. The molecule has 1 heterocycles. The Bertz CT molecular complexity index is 391. The van der Waals surface area contributed by atoms with Gasteiger partial charge in [0.25, 0.3) is 0 Å². The molecule has 0 amide bonds. The van der Waals surface area contributed by atoms with E-state index in [0.717, 1.165) is 10.9 Å². The van der Waals surface area contributed by atoms with Gasteiger partial charge in [0.2, 0.25) is 5.28 Å². The summed E-state index contributed by atoms with van der Waals surface area (Å²) >= 11 is 9.00. The van der Waals surface area contributed by atoms with Crippen LogP contribution in [-0.2, 0) is 10.8 Å². The fourth-order valence-electron chi connectivity index (χ4n) is 1.03. The first-order chi connectivity index (χ1) is 7.50. The third-order valence-corrected chi connectivity index (χ3v) is 4.26. The van der Waals surface area contributed by atoms with E-state index in [1.807, 2.05) is 6.92 Å². The van der Waals surface area contributed by atoms with E-state index in [4.69, 9.17) is 11.6 Å². The molecule has 0 aliphatic rings. The van der Waals surface area contributed by atoms with Crippen molar-refractivity contribution in [2.45, 2.75) is 18.6 Å². The maximum absolute atomic E-state index is 11.1. The molecule has 1 aromatic heterocycles. The summed E-state index contributed by atoms with van der Waals surface area (Å²) in [6.45, 7) is 2.66. The second kappa shape index (κ2) is 6.51. The van der Waals surface area contributed by atoms with E-state index in [2.05, 4.69) is 31.2 Å². The van der Waals surface area contributed by atoms with Gasteiger partial charge in [-0.1, -0.05) is 6.92 Å². The Kier molecular flexibility index (Phi) is 5.64. The Morgan fingerprint density at radius 3 is 3.00 bits per heavy atom. The Hall–Kier alpha value is -0.200. The van der Waals surface area contributed by atoms with Crippen LogP contribution in [-0.4, -0.2) is 32.2 Å². The maximum Gasteiger partial charge on any atom is 0.224 e. The van der Waals surface area contributed by atoms with Crippen LogP contribution in [0, 0.1) is 0 Å². The number of aromatic nitrogens is 2. The molecule has 1 aromatic rings. The lowest BCUT2D eigenvalue weighted by atomic mass is 10.3. The second-order valence-corrected chi connectivity index (χ2v) is 6.35. The van der Waals surface area contributed by atoms with Crippen LogP contribution in [0.1, 0.15) is 13.3 Å². The van der Waals surface area contributed by atoms with E-state index in [-0.39, 0.29) is 10.5 Å². The van der Waals surface area contributed by atoms with Crippen molar-refractivity contribution in [3.05, 3.63) is 16.0 Å². The summed E-state index contributed by atoms with van der Waals surface area (Å²) < 4.78 is 11.9. The van der Waals surface area contributed by atoms with Crippen molar-refractivity contribution < 1.29 is 4.21 Å². The summed E-state index contributed by atoms with van der Waals surface area (Å²) in [7, 11) is -0.788. The van der Waals surface area contributed by atoms with Gasteiger partial charge in [0, 0.05) is 35.0 Å². The molecule has 0 radical (unpaired) electrons. The maximum atomic E-state index is 11.1. The van der Waals surface area contributed by atoms with Gasteiger partial charge in [-0.15, -0.1) is 0 Å². The Balaban J connectivity index is 2.48. The molecule has 4 nitrogen and oxygen atoms in total. The highest BCUT2D eigenvalue weighted by Crippen LogP contribution is 2.20. The number of nitrogens with one attached hydrogen (secondary N) is 1. The highest BCUT2D eigenvalue weighted by Gasteiger charge is 2.07. The van der Waals surface area contributed by atoms with Crippen LogP contribution in [0.4, 0.5) is 5.82 Å². The lowest BCUT2D eigenvalue weighted by Gasteiger charge is -2.10. The van der Waals surface area contributed by atoms with Gasteiger partial charge in [-0.25, -0.2) is 4.98 Å². The molecule has 0 saturated heterocycles. The minimum absolute atomic E-state index is 0.170. The van der Waals surface area contributed by atoms with Crippen LogP contribution in [0.25, 0.3) is 0 Å². The molecule has 90 valence electrons. The zero-order valence-electron chi connectivity index (χ0n) is 9.04. The quantitative estimate of drug-likeness (QED) is 0.845. The summed E-state index contributed by atoms with van der Waals surface area (Å²) in [5, 5.41) is 3.50. The van der Waals surface area contributed by atoms with Crippen LogP contribution in [0.2, 0.25) is 5.28 Å². The monoisotopic (exact) mass is 325 g/mol. The topological polar surface area (TPSA) is 54.9 Å². The average Bonchev–Trinajstić information content (AvgIpc) is 2.22. The average molecular weight is 327 g/mol. The third-order valence-electron chi connectivity index (χ3n) is 2.12. The van der Waals surface area contributed by atoms with E-state index in [1.165, 1.54) is 0 Å². The van der Waals surface area contributed by atoms with Gasteiger partial charge in [0.15, 0.2) is 0 Å².